The lowest BCUT2D eigenvalue weighted by molar-refractivity contribution is 0.320. The first-order valence-corrected chi connectivity index (χ1v) is 6.69. The maximum Gasteiger partial charge on any atom is 0.191 e. The molecule has 0 saturated heterocycles. The predicted octanol–water partition coefficient (Wildman–Crippen LogP) is 1.67. The lowest BCUT2D eigenvalue weighted by atomic mass is 10.1. The van der Waals surface area contributed by atoms with Gasteiger partial charge in [0.25, 0.3) is 0 Å². The number of hydrogen-bond donors (Lipinski definition) is 2. The summed E-state index contributed by atoms with van der Waals surface area (Å²) in [5.41, 5.74) is 0. The van der Waals surface area contributed by atoms with Gasteiger partial charge in [0.05, 0.1) is 12.7 Å². The summed E-state index contributed by atoms with van der Waals surface area (Å²) >= 11 is 0. The summed E-state index contributed by atoms with van der Waals surface area (Å²) in [6.07, 6.45) is 4.56. The second-order valence-electron chi connectivity index (χ2n) is 4.65. The molecule has 0 aromatic carbocycles. The van der Waals surface area contributed by atoms with Crippen molar-refractivity contribution in [2.75, 3.05) is 26.7 Å². The van der Waals surface area contributed by atoms with Crippen molar-refractivity contribution in [2.45, 2.75) is 20.3 Å². The Morgan fingerprint density at radius 2 is 2.16 bits per heavy atom. The molecule has 1 rings (SSSR count). The van der Waals surface area contributed by atoms with Gasteiger partial charge in [-0.2, -0.15) is 0 Å². The Morgan fingerprint density at radius 1 is 1.37 bits per heavy atom. The van der Waals surface area contributed by atoms with Gasteiger partial charge < -0.3 is 15.4 Å². The van der Waals surface area contributed by atoms with Gasteiger partial charge in [-0.3, -0.25) is 9.98 Å². The first-order chi connectivity index (χ1) is 9.22. The van der Waals surface area contributed by atoms with E-state index < -0.39 is 0 Å². The van der Waals surface area contributed by atoms with E-state index in [-0.39, 0.29) is 0 Å². The Balaban J connectivity index is 2.13. The highest BCUT2D eigenvalue weighted by molar-refractivity contribution is 5.79. The molecule has 0 aliphatic heterocycles. The predicted molar refractivity (Wildman–Crippen MR) is 78.6 cm³/mol. The van der Waals surface area contributed by atoms with Crippen molar-refractivity contribution in [3.63, 3.8) is 0 Å². The van der Waals surface area contributed by atoms with Gasteiger partial charge in [0, 0.05) is 19.8 Å². The van der Waals surface area contributed by atoms with Gasteiger partial charge in [-0.05, 0) is 24.5 Å². The van der Waals surface area contributed by atoms with Crippen LogP contribution in [-0.4, -0.2) is 37.7 Å². The summed E-state index contributed by atoms with van der Waals surface area (Å²) in [6.45, 7) is 6.63. The molecule has 0 saturated carbocycles. The van der Waals surface area contributed by atoms with Crippen LogP contribution in [0.1, 0.15) is 20.3 Å². The van der Waals surface area contributed by atoms with E-state index >= 15 is 0 Å². The molecule has 106 valence electrons. The Labute approximate surface area is 115 Å². The minimum Gasteiger partial charge on any atom is -0.490 e. The van der Waals surface area contributed by atoms with E-state index in [1.807, 2.05) is 12.1 Å². The molecule has 0 aliphatic carbocycles. The zero-order chi connectivity index (χ0) is 13.9. The molecule has 19 heavy (non-hydrogen) atoms. The molecule has 0 bridgehead atoms. The molecule has 0 spiro atoms. The van der Waals surface area contributed by atoms with Crippen molar-refractivity contribution in [2.24, 2.45) is 10.9 Å². The standard InChI is InChI=1S/C14H24N4O/c1-12(2)6-8-17-14(15-3)18-9-10-19-13-5-4-7-16-11-13/h4-5,7,11-12H,6,8-10H2,1-3H3,(H2,15,17,18). The van der Waals surface area contributed by atoms with Crippen LogP contribution in [-0.2, 0) is 0 Å². The lowest BCUT2D eigenvalue weighted by Crippen LogP contribution is -2.39. The zero-order valence-electron chi connectivity index (χ0n) is 12.0. The van der Waals surface area contributed by atoms with Crippen LogP contribution < -0.4 is 15.4 Å². The molecule has 1 heterocycles. The minimum atomic E-state index is 0.580. The third kappa shape index (κ3) is 7.28. The molecule has 0 aliphatic rings. The average Bonchev–Trinajstić information content (AvgIpc) is 2.42. The quantitative estimate of drug-likeness (QED) is 0.447. The molecule has 0 fully saturated rings. The van der Waals surface area contributed by atoms with E-state index in [4.69, 9.17) is 4.74 Å². The Bertz CT molecular complexity index is 365. The van der Waals surface area contributed by atoms with Crippen LogP contribution in [0.15, 0.2) is 29.5 Å². The van der Waals surface area contributed by atoms with Crippen LogP contribution in [0.4, 0.5) is 0 Å². The number of aromatic nitrogens is 1. The van der Waals surface area contributed by atoms with Crippen molar-refractivity contribution in [3.05, 3.63) is 24.5 Å². The van der Waals surface area contributed by atoms with Gasteiger partial charge in [0.15, 0.2) is 5.96 Å². The molecule has 1 aromatic heterocycles. The van der Waals surface area contributed by atoms with Crippen LogP contribution in [0.2, 0.25) is 0 Å². The van der Waals surface area contributed by atoms with E-state index in [1.165, 1.54) is 0 Å². The fraction of sp³-hybridized carbons (Fsp3) is 0.571. The van der Waals surface area contributed by atoms with Crippen molar-refractivity contribution in [1.29, 1.82) is 0 Å². The van der Waals surface area contributed by atoms with E-state index in [9.17, 15) is 0 Å². The highest BCUT2D eigenvalue weighted by Crippen LogP contribution is 2.04. The van der Waals surface area contributed by atoms with Crippen LogP contribution in [0.3, 0.4) is 0 Å². The molecule has 1 aromatic rings. The average molecular weight is 264 g/mol. The first kappa shape index (κ1) is 15.3. The van der Waals surface area contributed by atoms with Gasteiger partial charge in [-0.1, -0.05) is 13.8 Å². The van der Waals surface area contributed by atoms with Crippen molar-refractivity contribution >= 4 is 5.96 Å². The van der Waals surface area contributed by atoms with E-state index in [0.29, 0.717) is 19.1 Å². The summed E-state index contributed by atoms with van der Waals surface area (Å²) < 4.78 is 5.54. The molecule has 0 amide bonds. The smallest absolute Gasteiger partial charge is 0.191 e. The number of aliphatic imine (C=N–C) groups is 1. The second-order valence-corrected chi connectivity index (χ2v) is 4.65. The zero-order valence-corrected chi connectivity index (χ0v) is 12.0. The SMILES string of the molecule is CN=C(NCCOc1cccnc1)NCCC(C)C. The molecule has 0 unspecified atom stereocenters. The normalized spacial score (nSPS) is 11.5. The number of hydrogen-bond acceptors (Lipinski definition) is 3. The maximum atomic E-state index is 5.54. The van der Waals surface area contributed by atoms with Crippen LogP contribution in [0.5, 0.6) is 5.75 Å². The summed E-state index contributed by atoms with van der Waals surface area (Å²) in [5.74, 6) is 2.29. The van der Waals surface area contributed by atoms with E-state index in [0.717, 1.165) is 24.7 Å². The Morgan fingerprint density at radius 3 is 2.79 bits per heavy atom. The molecule has 2 N–H and O–H groups in total. The molecule has 5 nitrogen and oxygen atoms in total. The number of nitrogens with zero attached hydrogens (tertiary/aromatic N) is 2. The third-order valence-electron chi connectivity index (χ3n) is 2.54. The van der Waals surface area contributed by atoms with Gasteiger partial charge in [-0.25, -0.2) is 0 Å². The molecule has 0 atom stereocenters. The first-order valence-electron chi connectivity index (χ1n) is 6.69. The molecule has 5 heteroatoms. The van der Waals surface area contributed by atoms with Gasteiger partial charge in [0.1, 0.15) is 12.4 Å². The molecule has 0 radical (unpaired) electrons. The second kappa shape index (κ2) is 9.19. The minimum absolute atomic E-state index is 0.580. The number of guanidine groups is 1. The van der Waals surface area contributed by atoms with E-state index in [1.54, 1.807) is 19.4 Å². The Kier molecular flexibility index (Phi) is 7.39. The fourth-order valence-electron chi connectivity index (χ4n) is 1.47. The molecular formula is C14H24N4O. The van der Waals surface area contributed by atoms with Crippen molar-refractivity contribution in [3.8, 4) is 5.75 Å². The number of nitrogens with one attached hydrogen (secondary N) is 2. The van der Waals surface area contributed by atoms with Crippen molar-refractivity contribution < 1.29 is 4.74 Å². The summed E-state index contributed by atoms with van der Waals surface area (Å²) in [5, 5.41) is 6.48. The van der Waals surface area contributed by atoms with Gasteiger partial charge in [-0.15, -0.1) is 0 Å². The largest absolute Gasteiger partial charge is 0.490 e. The Hall–Kier alpha value is -1.78. The van der Waals surface area contributed by atoms with Crippen molar-refractivity contribution in [1.82, 2.24) is 15.6 Å². The maximum absolute atomic E-state index is 5.54. The van der Waals surface area contributed by atoms with Crippen LogP contribution in [0.25, 0.3) is 0 Å². The topological polar surface area (TPSA) is 58.5 Å². The molecular weight excluding hydrogens is 240 g/mol. The summed E-state index contributed by atoms with van der Waals surface area (Å²) in [7, 11) is 1.77. The van der Waals surface area contributed by atoms with Gasteiger partial charge in [0.2, 0.25) is 0 Å². The highest BCUT2D eigenvalue weighted by Gasteiger charge is 1.98. The summed E-state index contributed by atoms with van der Waals surface area (Å²) in [6, 6.07) is 3.75. The number of rotatable bonds is 7. The van der Waals surface area contributed by atoms with Crippen LogP contribution >= 0.6 is 0 Å². The fourth-order valence-corrected chi connectivity index (χ4v) is 1.47. The number of ether oxygens (including phenoxy) is 1. The summed E-state index contributed by atoms with van der Waals surface area (Å²) in [4.78, 5) is 8.15. The van der Waals surface area contributed by atoms with Gasteiger partial charge >= 0.3 is 0 Å². The monoisotopic (exact) mass is 264 g/mol. The van der Waals surface area contributed by atoms with Crippen LogP contribution in [0, 0.1) is 5.92 Å². The third-order valence-corrected chi connectivity index (χ3v) is 2.54. The lowest BCUT2D eigenvalue weighted by Gasteiger charge is -2.13. The van der Waals surface area contributed by atoms with E-state index in [2.05, 4.69) is 34.5 Å². The highest BCUT2D eigenvalue weighted by atomic mass is 16.5. The number of pyridine rings is 1.